The van der Waals surface area contributed by atoms with Crippen molar-refractivity contribution in [1.29, 1.82) is 0 Å². The molecule has 1 amide bonds. The van der Waals surface area contributed by atoms with Gasteiger partial charge in [0.25, 0.3) is 5.91 Å². The Kier molecular flexibility index (Phi) is 5.61. The number of nitrogens with zero attached hydrogens (tertiary/aromatic N) is 1. The van der Waals surface area contributed by atoms with Crippen LogP contribution in [0.5, 0.6) is 0 Å². The fraction of sp³-hybridized carbons (Fsp3) is 0.182. The molecular weight excluding hydrogens is 372 g/mol. The SMILES string of the molecule is Cc1ccc(-c2cc(C(=O)NCc3ccc(C)nc3)cc(S(C)(=O)=O)c2)cc1. The summed E-state index contributed by atoms with van der Waals surface area (Å²) >= 11 is 0. The lowest BCUT2D eigenvalue weighted by atomic mass is 10.0. The van der Waals surface area contributed by atoms with Crippen LogP contribution in [0.1, 0.15) is 27.2 Å². The Morgan fingerprint density at radius 3 is 2.29 bits per heavy atom. The summed E-state index contributed by atoms with van der Waals surface area (Å²) in [5, 5.41) is 2.83. The molecule has 0 fully saturated rings. The van der Waals surface area contributed by atoms with E-state index in [2.05, 4.69) is 10.3 Å². The van der Waals surface area contributed by atoms with Gasteiger partial charge in [-0.1, -0.05) is 35.9 Å². The first-order chi connectivity index (χ1) is 13.2. The summed E-state index contributed by atoms with van der Waals surface area (Å²) in [4.78, 5) is 17.0. The van der Waals surface area contributed by atoms with Gasteiger partial charge in [0.15, 0.2) is 9.84 Å². The zero-order valence-corrected chi connectivity index (χ0v) is 16.9. The minimum atomic E-state index is -3.46. The summed E-state index contributed by atoms with van der Waals surface area (Å²) in [6.45, 7) is 4.19. The quantitative estimate of drug-likeness (QED) is 0.716. The number of benzene rings is 2. The van der Waals surface area contributed by atoms with Crippen LogP contribution in [0.25, 0.3) is 11.1 Å². The van der Waals surface area contributed by atoms with Gasteiger partial charge in [0, 0.05) is 30.3 Å². The zero-order chi connectivity index (χ0) is 20.3. The third-order valence-electron chi connectivity index (χ3n) is 4.41. The molecule has 1 heterocycles. The fourth-order valence-electron chi connectivity index (χ4n) is 2.74. The summed E-state index contributed by atoms with van der Waals surface area (Å²) < 4.78 is 24.2. The highest BCUT2D eigenvalue weighted by Gasteiger charge is 2.15. The number of pyridine rings is 1. The fourth-order valence-corrected chi connectivity index (χ4v) is 3.43. The summed E-state index contributed by atoms with van der Waals surface area (Å²) in [5.74, 6) is -0.334. The Balaban J connectivity index is 1.92. The van der Waals surface area contributed by atoms with E-state index in [1.54, 1.807) is 18.3 Å². The minimum Gasteiger partial charge on any atom is -0.348 e. The van der Waals surface area contributed by atoms with Gasteiger partial charge in [-0.25, -0.2) is 8.42 Å². The molecule has 144 valence electrons. The molecule has 0 saturated heterocycles. The van der Waals surface area contributed by atoms with Gasteiger partial charge in [-0.05, 0) is 54.8 Å². The van der Waals surface area contributed by atoms with Crippen LogP contribution in [0.2, 0.25) is 0 Å². The Labute approximate surface area is 165 Å². The van der Waals surface area contributed by atoms with Crippen molar-refractivity contribution in [3.63, 3.8) is 0 Å². The molecule has 0 radical (unpaired) electrons. The summed E-state index contributed by atoms with van der Waals surface area (Å²) in [6.07, 6.45) is 2.85. The van der Waals surface area contributed by atoms with E-state index >= 15 is 0 Å². The van der Waals surface area contributed by atoms with Gasteiger partial charge >= 0.3 is 0 Å². The molecule has 0 saturated carbocycles. The number of hydrogen-bond donors (Lipinski definition) is 1. The molecule has 3 rings (SSSR count). The predicted octanol–water partition coefficient (Wildman–Crippen LogP) is 3.70. The van der Waals surface area contributed by atoms with Crippen LogP contribution in [-0.2, 0) is 16.4 Å². The molecular formula is C22H22N2O3S. The topological polar surface area (TPSA) is 76.1 Å². The number of carbonyl (C=O) groups excluding carboxylic acids is 1. The van der Waals surface area contributed by atoms with Crippen molar-refractivity contribution in [3.05, 3.63) is 83.2 Å². The van der Waals surface area contributed by atoms with Crippen LogP contribution in [0.3, 0.4) is 0 Å². The summed E-state index contributed by atoms with van der Waals surface area (Å²) in [6, 6.07) is 16.2. The van der Waals surface area contributed by atoms with Crippen LogP contribution >= 0.6 is 0 Å². The maximum Gasteiger partial charge on any atom is 0.251 e. The molecule has 0 aliphatic rings. The Bertz CT molecular complexity index is 1100. The van der Waals surface area contributed by atoms with E-state index in [1.165, 1.54) is 6.07 Å². The highest BCUT2D eigenvalue weighted by atomic mass is 32.2. The van der Waals surface area contributed by atoms with Crippen LogP contribution < -0.4 is 5.32 Å². The molecule has 1 N–H and O–H groups in total. The van der Waals surface area contributed by atoms with Gasteiger partial charge in [0.1, 0.15) is 0 Å². The highest BCUT2D eigenvalue weighted by molar-refractivity contribution is 7.90. The number of carbonyl (C=O) groups is 1. The van der Waals surface area contributed by atoms with Crippen LogP contribution in [0.4, 0.5) is 0 Å². The molecule has 3 aromatic rings. The summed E-state index contributed by atoms with van der Waals surface area (Å²) in [5.41, 5.74) is 4.72. The number of rotatable bonds is 5. The lowest BCUT2D eigenvalue weighted by Gasteiger charge is -2.10. The van der Waals surface area contributed by atoms with Crippen molar-refractivity contribution >= 4 is 15.7 Å². The minimum absolute atomic E-state index is 0.118. The highest BCUT2D eigenvalue weighted by Crippen LogP contribution is 2.25. The third kappa shape index (κ3) is 4.84. The number of sulfone groups is 1. The van der Waals surface area contributed by atoms with Crippen molar-refractivity contribution in [3.8, 4) is 11.1 Å². The average molecular weight is 394 g/mol. The maximum atomic E-state index is 12.7. The molecule has 1 aromatic heterocycles. The van der Waals surface area contributed by atoms with Gasteiger partial charge in [-0.2, -0.15) is 0 Å². The Hall–Kier alpha value is -2.99. The van der Waals surface area contributed by atoms with Gasteiger partial charge < -0.3 is 5.32 Å². The van der Waals surface area contributed by atoms with E-state index < -0.39 is 9.84 Å². The number of nitrogens with one attached hydrogen (secondary N) is 1. The van der Waals surface area contributed by atoms with Crippen LogP contribution in [0, 0.1) is 13.8 Å². The van der Waals surface area contributed by atoms with Gasteiger partial charge in [0.2, 0.25) is 0 Å². The first-order valence-electron chi connectivity index (χ1n) is 8.84. The Morgan fingerprint density at radius 2 is 1.68 bits per heavy atom. The molecule has 0 spiro atoms. The third-order valence-corrected chi connectivity index (χ3v) is 5.50. The van der Waals surface area contributed by atoms with Crippen molar-refractivity contribution < 1.29 is 13.2 Å². The van der Waals surface area contributed by atoms with Gasteiger partial charge in [-0.3, -0.25) is 9.78 Å². The molecule has 0 aliphatic heterocycles. The van der Waals surface area contributed by atoms with Gasteiger partial charge in [-0.15, -0.1) is 0 Å². The van der Waals surface area contributed by atoms with E-state index in [-0.39, 0.29) is 10.8 Å². The van der Waals surface area contributed by atoms with E-state index in [1.807, 2.05) is 50.2 Å². The molecule has 0 bridgehead atoms. The van der Waals surface area contributed by atoms with E-state index in [9.17, 15) is 13.2 Å². The molecule has 5 nitrogen and oxygen atoms in total. The second-order valence-electron chi connectivity index (χ2n) is 6.87. The standard InChI is InChI=1S/C22H22N2O3S/c1-15-4-8-18(9-5-15)19-10-20(12-21(11-19)28(3,26)27)22(25)24-14-17-7-6-16(2)23-13-17/h4-13H,14H2,1-3H3,(H,24,25). The predicted molar refractivity (Wildman–Crippen MR) is 110 cm³/mol. The molecule has 0 atom stereocenters. The number of aromatic nitrogens is 1. The largest absolute Gasteiger partial charge is 0.348 e. The van der Waals surface area contributed by atoms with Crippen molar-refractivity contribution in [2.45, 2.75) is 25.3 Å². The van der Waals surface area contributed by atoms with Crippen molar-refractivity contribution in [1.82, 2.24) is 10.3 Å². The van der Waals surface area contributed by atoms with Crippen LogP contribution in [0.15, 0.2) is 65.7 Å². The number of aryl methyl sites for hydroxylation is 2. The van der Waals surface area contributed by atoms with E-state index in [0.29, 0.717) is 17.7 Å². The van der Waals surface area contributed by atoms with Crippen molar-refractivity contribution in [2.24, 2.45) is 0 Å². The van der Waals surface area contributed by atoms with E-state index in [0.717, 1.165) is 28.6 Å². The monoisotopic (exact) mass is 394 g/mol. The summed E-state index contributed by atoms with van der Waals surface area (Å²) in [7, 11) is -3.46. The lowest BCUT2D eigenvalue weighted by molar-refractivity contribution is 0.0950. The van der Waals surface area contributed by atoms with E-state index in [4.69, 9.17) is 0 Å². The second kappa shape index (κ2) is 7.94. The first-order valence-corrected chi connectivity index (χ1v) is 10.7. The molecule has 28 heavy (non-hydrogen) atoms. The smallest absolute Gasteiger partial charge is 0.251 e. The van der Waals surface area contributed by atoms with Crippen LogP contribution in [-0.4, -0.2) is 25.6 Å². The average Bonchev–Trinajstić information content (AvgIpc) is 2.67. The lowest BCUT2D eigenvalue weighted by Crippen LogP contribution is -2.23. The molecule has 0 unspecified atom stereocenters. The van der Waals surface area contributed by atoms with Crippen molar-refractivity contribution in [2.75, 3.05) is 6.26 Å². The number of hydrogen-bond acceptors (Lipinski definition) is 4. The zero-order valence-electron chi connectivity index (χ0n) is 16.1. The normalized spacial score (nSPS) is 11.2. The second-order valence-corrected chi connectivity index (χ2v) is 8.89. The maximum absolute atomic E-state index is 12.7. The van der Waals surface area contributed by atoms with Gasteiger partial charge in [0.05, 0.1) is 4.90 Å². The Morgan fingerprint density at radius 1 is 0.964 bits per heavy atom. The molecule has 6 heteroatoms. The number of amides is 1. The molecule has 0 aliphatic carbocycles. The molecule has 2 aromatic carbocycles. The first kappa shape index (κ1) is 19.8.